The van der Waals surface area contributed by atoms with Crippen molar-refractivity contribution in [2.24, 2.45) is 0 Å². The van der Waals surface area contributed by atoms with Crippen LogP contribution in [0.3, 0.4) is 0 Å². The molecule has 0 bridgehead atoms. The van der Waals surface area contributed by atoms with Crippen molar-refractivity contribution in [3.63, 3.8) is 0 Å². The topological polar surface area (TPSA) is 17.1 Å². The molecule has 0 heterocycles. The van der Waals surface area contributed by atoms with E-state index in [1.165, 1.54) is 11.6 Å². The summed E-state index contributed by atoms with van der Waals surface area (Å²) in [6.07, 6.45) is 1.37. The first-order chi connectivity index (χ1) is 6.56. The van der Waals surface area contributed by atoms with Gasteiger partial charge in [0.05, 0.1) is 0 Å². The van der Waals surface area contributed by atoms with Crippen LogP contribution in [0.25, 0.3) is 0 Å². The summed E-state index contributed by atoms with van der Waals surface area (Å²) >= 11 is 0. The number of rotatable bonds is 3. The van der Waals surface area contributed by atoms with Crippen LogP contribution in [-0.4, -0.2) is 5.78 Å². The van der Waals surface area contributed by atoms with Crippen molar-refractivity contribution in [1.82, 2.24) is 0 Å². The lowest BCUT2D eigenvalue weighted by atomic mass is 9.93. The van der Waals surface area contributed by atoms with E-state index < -0.39 is 0 Å². The second-order valence-electron chi connectivity index (χ2n) is 3.81. The Morgan fingerprint density at radius 3 is 2.57 bits per heavy atom. The molecular formula is C13H16O. The monoisotopic (exact) mass is 188 g/mol. The maximum atomic E-state index is 11.5. The van der Waals surface area contributed by atoms with Gasteiger partial charge in [-0.15, -0.1) is 0 Å². The molecule has 1 heteroatoms. The molecule has 1 aromatic rings. The molecular weight excluding hydrogens is 172 g/mol. The van der Waals surface area contributed by atoms with Gasteiger partial charge < -0.3 is 0 Å². The third kappa shape index (κ3) is 2.11. The number of benzene rings is 1. The standard InChI is InChI=1S/C13H16O/c1-5-13(14)11-7-6-10(4)8-12(11)9(2)3/h5-9H,1H2,2-4H3. The van der Waals surface area contributed by atoms with E-state index in [-0.39, 0.29) is 5.78 Å². The SMILES string of the molecule is C=CC(=O)c1ccc(C)cc1C(C)C. The summed E-state index contributed by atoms with van der Waals surface area (Å²) in [5, 5.41) is 0. The van der Waals surface area contributed by atoms with Crippen LogP contribution in [0.2, 0.25) is 0 Å². The fourth-order valence-corrected chi connectivity index (χ4v) is 1.49. The zero-order chi connectivity index (χ0) is 10.7. The lowest BCUT2D eigenvalue weighted by Crippen LogP contribution is -2.02. The normalized spacial score (nSPS) is 10.3. The summed E-state index contributed by atoms with van der Waals surface area (Å²) in [5.74, 6) is 0.377. The Kier molecular flexibility index (Phi) is 3.23. The summed E-state index contributed by atoms with van der Waals surface area (Å²) in [6.45, 7) is 9.73. The largest absolute Gasteiger partial charge is 0.289 e. The molecule has 0 amide bonds. The summed E-state index contributed by atoms with van der Waals surface area (Å²) in [4.78, 5) is 11.5. The van der Waals surface area contributed by atoms with Crippen LogP contribution >= 0.6 is 0 Å². The molecule has 0 unspecified atom stereocenters. The van der Waals surface area contributed by atoms with Crippen molar-refractivity contribution in [2.75, 3.05) is 0 Å². The zero-order valence-corrected chi connectivity index (χ0v) is 9.00. The van der Waals surface area contributed by atoms with Crippen molar-refractivity contribution in [3.05, 3.63) is 47.5 Å². The van der Waals surface area contributed by atoms with Gasteiger partial charge in [-0.25, -0.2) is 0 Å². The van der Waals surface area contributed by atoms with Crippen LogP contribution in [0, 0.1) is 6.92 Å². The molecule has 14 heavy (non-hydrogen) atoms. The van der Waals surface area contributed by atoms with Gasteiger partial charge in [-0.2, -0.15) is 0 Å². The van der Waals surface area contributed by atoms with E-state index in [0.29, 0.717) is 5.92 Å². The second-order valence-corrected chi connectivity index (χ2v) is 3.81. The Morgan fingerprint density at radius 1 is 1.43 bits per heavy atom. The number of ketones is 1. The lowest BCUT2D eigenvalue weighted by Gasteiger charge is -2.11. The summed E-state index contributed by atoms with van der Waals surface area (Å²) in [6, 6.07) is 5.92. The van der Waals surface area contributed by atoms with Crippen LogP contribution < -0.4 is 0 Å². The first-order valence-electron chi connectivity index (χ1n) is 4.83. The molecule has 0 aliphatic rings. The van der Waals surface area contributed by atoms with Crippen molar-refractivity contribution in [1.29, 1.82) is 0 Å². The first kappa shape index (κ1) is 10.7. The predicted octanol–water partition coefficient (Wildman–Crippen LogP) is 3.49. The van der Waals surface area contributed by atoms with Gasteiger partial charge >= 0.3 is 0 Å². The lowest BCUT2D eigenvalue weighted by molar-refractivity contribution is 0.104. The molecule has 0 aromatic heterocycles. The molecule has 0 radical (unpaired) electrons. The highest BCUT2D eigenvalue weighted by atomic mass is 16.1. The van der Waals surface area contributed by atoms with Crippen molar-refractivity contribution in [2.45, 2.75) is 26.7 Å². The predicted molar refractivity (Wildman–Crippen MR) is 59.8 cm³/mol. The van der Waals surface area contributed by atoms with Gasteiger partial charge in [0.2, 0.25) is 0 Å². The second kappa shape index (κ2) is 4.23. The minimum atomic E-state index is 0.00806. The molecule has 1 aromatic carbocycles. The zero-order valence-electron chi connectivity index (χ0n) is 9.00. The van der Waals surface area contributed by atoms with Gasteiger partial charge in [0.1, 0.15) is 0 Å². The molecule has 74 valence electrons. The minimum Gasteiger partial charge on any atom is -0.289 e. The van der Waals surface area contributed by atoms with Crippen LogP contribution in [0.15, 0.2) is 30.9 Å². The molecule has 1 rings (SSSR count). The number of carbonyl (C=O) groups excluding carboxylic acids is 1. The molecule has 1 nitrogen and oxygen atoms in total. The van der Waals surface area contributed by atoms with Gasteiger partial charge in [-0.3, -0.25) is 4.79 Å². The molecule has 0 atom stereocenters. The summed E-state index contributed by atoms with van der Waals surface area (Å²) < 4.78 is 0. The van der Waals surface area contributed by atoms with E-state index in [2.05, 4.69) is 26.5 Å². The van der Waals surface area contributed by atoms with Gasteiger partial charge in [0.25, 0.3) is 0 Å². The van der Waals surface area contributed by atoms with Crippen LogP contribution in [0.5, 0.6) is 0 Å². The third-order valence-electron chi connectivity index (χ3n) is 2.28. The Morgan fingerprint density at radius 2 is 2.07 bits per heavy atom. The number of allylic oxidation sites excluding steroid dienone is 1. The van der Waals surface area contributed by atoms with E-state index in [0.717, 1.165) is 11.1 Å². The number of hydrogen-bond donors (Lipinski definition) is 0. The fraction of sp³-hybridized carbons (Fsp3) is 0.308. The number of carbonyl (C=O) groups is 1. The van der Waals surface area contributed by atoms with Crippen LogP contribution in [-0.2, 0) is 0 Å². The summed E-state index contributed by atoms with van der Waals surface area (Å²) in [5.41, 5.74) is 3.07. The Balaban J connectivity index is 3.28. The molecule has 0 spiro atoms. The number of aryl methyl sites for hydroxylation is 1. The highest BCUT2D eigenvalue weighted by Crippen LogP contribution is 2.21. The molecule has 0 saturated heterocycles. The van der Waals surface area contributed by atoms with E-state index >= 15 is 0 Å². The average molecular weight is 188 g/mol. The van der Waals surface area contributed by atoms with Crippen molar-refractivity contribution >= 4 is 5.78 Å². The maximum Gasteiger partial charge on any atom is 0.185 e. The Labute approximate surface area is 85.5 Å². The summed E-state index contributed by atoms with van der Waals surface area (Å²) in [7, 11) is 0. The molecule has 0 aliphatic heterocycles. The van der Waals surface area contributed by atoms with E-state index in [4.69, 9.17) is 0 Å². The highest BCUT2D eigenvalue weighted by molar-refractivity contribution is 6.05. The quantitative estimate of drug-likeness (QED) is 0.524. The minimum absolute atomic E-state index is 0.00806. The molecule has 0 fully saturated rings. The van der Waals surface area contributed by atoms with Crippen molar-refractivity contribution < 1.29 is 4.79 Å². The average Bonchev–Trinajstić information content (AvgIpc) is 2.16. The molecule has 0 saturated carbocycles. The number of hydrogen-bond acceptors (Lipinski definition) is 1. The van der Waals surface area contributed by atoms with E-state index in [1.807, 2.05) is 19.1 Å². The highest BCUT2D eigenvalue weighted by Gasteiger charge is 2.10. The van der Waals surface area contributed by atoms with Crippen LogP contribution in [0.1, 0.15) is 41.3 Å². The van der Waals surface area contributed by atoms with Gasteiger partial charge in [0.15, 0.2) is 5.78 Å². The Hall–Kier alpha value is -1.37. The first-order valence-corrected chi connectivity index (χ1v) is 4.83. The third-order valence-corrected chi connectivity index (χ3v) is 2.28. The van der Waals surface area contributed by atoms with E-state index in [9.17, 15) is 4.79 Å². The molecule has 0 N–H and O–H groups in total. The smallest absolute Gasteiger partial charge is 0.185 e. The van der Waals surface area contributed by atoms with Gasteiger partial charge in [0, 0.05) is 5.56 Å². The van der Waals surface area contributed by atoms with Crippen molar-refractivity contribution in [3.8, 4) is 0 Å². The van der Waals surface area contributed by atoms with Gasteiger partial charge in [-0.05, 0) is 24.5 Å². The Bertz CT molecular complexity index is 361. The fourth-order valence-electron chi connectivity index (χ4n) is 1.49. The van der Waals surface area contributed by atoms with E-state index in [1.54, 1.807) is 0 Å². The maximum absolute atomic E-state index is 11.5. The molecule has 0 aliphatic carbocycles. The van der Waals surface area contributed by atoms with Crippen LogP contribution in [0.4, 0.5) is 0 Å². The van der Waals surface area contributed by atoms with Gasteiger partial charge in [-0.1, -0.05) is 44.2 Å².